The molecule has 0 spiro atoms. The zero-order valence-corrected chi connectivity index (χ0v) is 11.2. The molecule has 1 atom stereocenters. The highest BCUT2D eigenvalue weighted by Crippen LogP contribution is 2.23. The highest BCUT2D eigenvalue weighted by Gasteiger charge is 2.24. The summed E-state index contributed by atoms with van der Waals surface area (Å²) in [6.45, 7) is 1.53. The van der Waals surface area contributed by atoms with Gasteiger partial charge in [0.15, 0.2) is 0 Å². The Kier molecular flexibility index (Phi) is 3.78. The van der Waals surface area contributed by atoms with E-state index in [1.807, 2.05) is 0 Å². The minimum absolute atomic E-state index is 0.365. The van der Waals surface area contributed by atoms with E-state index in [0.717, 1.165) is 6.07 Å². The number of halogens is 2. The molecule has 0 bridgehead atoms. The average molecular weight is 302 g/mol. The van der Waals surface area contributed by atoms with Gasteiger partial charge in [0.2, 0.25) is 10.0 Å². The lowest BCUT2D eigenvalue weighted by Crippen LogP contribution is -2.27. The Morgan fingerprint density at radius 2 is 2.00 bits per heavy atom. The number of nitrogens with two attached hydrogens (primary N) is 1. The van der Waals surface area contributed by atoms with Gasteiger partial charge in [0.1, 0.15) is 22.3 Å². The molecule has 0 saturated carbocycles. The van der Waals surface area contributed by atoms with Crippen molar-refractivity contribution in [3.63, 3.8) is 0 Å². The maximum absolute atomic E-state index is 13.6. The molecule has 108 valence electrons. The van der Waals surface area contributed by atoms with Crippen molar-refractivity contribution >= 4 is 15.7 Å². The summed E-state index contributed by atoms with van der Waals surface area (Å²) < 4.78 is 58.0. The van der Waals surface area contributed by atoms with Crippen molar-refractivity contribution in [3.8, 4) is 0 Å². The molecule has 0 aliphatic heterocycles. The maximum Gasteiger partial charge on any atom is 0.244 e. The Hall–Kier alpha value is -1.93. The van der Waals surface area contributed by atoms with Crippen LogP contribution in [0, 0.1) is 11.6 Å². The SMILES string of the molecule is CC(NS(=O)(=O)c1cc(N)c(F)cc1F)c1ccco1. The summed E-state index contributed by atoms with van der Waals surface area (Å²) in [6.07, 6.45) is 1.39. The molecule has 0 radical (unpaired) electrons. The Morgan fingerprint density at radius 3 is 2.60 bits per heavy atom. The smallest absolute Gasteiger partial charge is 0.244 e. The molecule has 8 heteroatoms. The van der Waals surface area contributed by atoms with Crippen LogP contribution < -0.4 is 10.5 Å². The molecule has 0 amide bonds. The van der Waals surface area contributed by atoms with E-state index in [-0.39, 0.29) is 0 Å². The predicted molar refractivity (Wildman–Crippen MR) is 68.2 cm³/mol. The van der Waals surface area contributed by atoms with Crippen LogP contribution in [0.2, 0.25) is 0 Å². The summed E-state index contributed by atoms with van der Waals surface area (Å²) in [6, 6.07) is 3.63. The van der Waals surface area contributed by atoms with Gasteiger partial charge in [-0.3, -0.25) is 0 Å². The number of sulfonamides is 1. The fourth-order valence-corrected chi connectivity index (χ4v) is 2.95. The van der Waals surface area contributed by atoms with Gasteiger partial charge in [-0.15, -0.1) is 0 Å². The topological polar surface area (TPSA) is 85.3 Å². The molecule has 1 aromatic carbocycles. The molecule has 0 aliphatic carbocycles. The van der Waals surface area contributed by atoms with Gasteiger partial charge in [-0.2, -0.15) is 0 Å². The largest absolute Gasteiger partial charge is 0.468 e. The first-order valence-electron chi connectivity index (χ1n) is 5.61. The van der Waals surface area contributed by atoms with Gasteiger partial charge in [0.25, 0.3) is 0 Å². The molecule has 0 aliphatic rings. The molecular formula is C12H12F2N2O3S. The molecular weight excluding hydrogens is 290 g/mol. The lowest BCUT2D eigenvalue weighted by molar-refractivity contribution is 0.458. The standard InChI is InChI=1S/C12H12F2N2O3S/c1-7(11-3-2-4-19-11)16-20(17,18)12-6-10(15)8(13)5-9(12)14/h2-7,16H,15H2,1H3. The minimum atomic E-state index is -4.19. The van der Waals surface area contributed by atoms with Gasteiger partial charge in [-0.05, 0) is 25.1 Å². The predicted octanol–water partition coefficient (Wildman–Crippen LogP) is 2.18. The molecule has 1 unspecified atom stereocenters. The zero-order valence-electron chi connectivity index (χ0n) is 10.4. The van der Waals surface area contributed by atoms with E-state index in [0.29, 0.717) is 11.8 Å². The number of anilines is 1. The highest BCUT2D eigenvalue weighted by molar-refractivity contribution is 7.89. The first-order chi connectivity index (χ1) is 9.31. The van der Waals surface area contributed by atoms with E-state index < -0.39 is 38.3 Å². The average Bonchev–Trinajstić information content (AvgIpc) is 2.86. The van der Waals surface area contributed by atoms with E-state index in [2.05, 4.69) is 4.72 Å². The zero-order chi connectivity index (χ0) is 14.9. The lowest BCUT2D eigenvalue weighted by Gasteiger charge is -2.13. The highest BCUT2D eigenvalue weighted by atomic mass is 32.2. The van der Waals surface area contributed by atoms with Crippen molar-refractivity contribution in [2.24, 2.45) is 0 Å². The Balaban J connectivity index is 2.34. The number of rotatable bonds is 4. The third-order valence-electron chi connectivity index (χ3n) is 2.64. The summed E-state index contributed by atoms with van der Waals surface area (Å²) in [4.78, 5) is -0.713. The van der Waals surface area contributed by atoms with Crippen LogP contribution in [0.1, 0.15) is 18.7 Å². The number of nitrogens with one attached hydrogen (secondary N) is 1. The van der Waals surface area contributed by atoms with Gasteiger partial charge in [-0.1, -0.05) is 0 Å². The van der Waals surface area contributed by atoms with Gasteiger partial charge < -0.3 is 10.2 Å². The van der Waals surface area contributed by atoms with Crippen LogP contribution in [0.15, 0.2) is 39.8 Å². The second-order valence-corrected chi connectivity index (χ2v) is 5.84. The number of hydrogen-bond donors (Lipinski definition) is 2. The van der Waals surface area contributed by atoms with Gasteiger partial charge in [-0.25, -0.2) is 21.9 Å². The number of benzene rings is 1. The van der Waals surface area contributed by atoms with E-state index >= 15 is 0 Å². The monoisotopic (exact) mass is 302 g/mol. The van der Waals surface area contributed by atoms with Crippen LogP contribution in [-0.2, 0) is 10.0 Å². The van der Waals surface area contributed by atoms with Crippen molar-refractivity contribution < 1.29 is 21.6 Å². The molecule has 0 fully saturated rings. The van der Waals surface area contributed by atoms with Crippen LogP contribution >= 0.6 is 0 Å². The molecule has 2 rings (SSSR count). The van der Waals surface area contributed by atoms with Crippen LogP contribution in [0.5, 0.6) is 0 Å². The summed E-state index contributed by atoms with van der Waals surface area (Å²) >= 11 is 0. The van der Waals surface area contributed by atoms with Crippen LogP contribution in [0.25, 0.3) is 0 Å². The summed E-state index contributed by atoms with van der Waals surface area (Å²) in [7, 11) is -4.19. The Labute approximate surface area is 114 Å². The third-order valence-corrected chi connectivity index (χ3v) is 4.20. The molecule has 5 nitrogen and oxygen atoms in total. The fraction of sp³-hybridized carbons (Fsp3) is 0.167. The van der Waals surface area contributed by atoms with Gasteiger partial charge in [0.05, 0.1) is 18.0 Å². The molecule has 1 aromatic heterocycles. The van der Waals surface area contributed by atoms with Crippen molar-refractivity contribution in [1.29, 1.82) is 0 Å². The normalized spacial score (nSPS) is 13.3. The first kappa shape index (κ1) is 14.5. The van der Waals surface area contributed by atoms with Crippen molar-refractivity contribution in [3.05, 3.63) is 47.9 Å². The minimum Gasteiger partial charge on any atom is -0.468 e. The van der Waals surface area contributed by atoms with Crippen molar-refractivity contribution in [1.82, 2.24) is 4.72 Å². The number of furan rings is 1. The first-order valence-corrected chi connectivity index (χ1v) is 7.10. The summed E-state index contributed by atoms with van der Waals surface area (Å²) in [5.74, 6) is -1.86. The van der Waals surface area contributed by atoms with Crippen LogP contribution in [0.3, 0.4) is 0 Å². The number of hydrogen-bond acceptors (Lipinski definition) is 4. The molecule has 1 heterocycles. The quantitative estimate of drug-likeness (QED) is 0.848. The van der Waals surface area contributed by atoms with Gasteiger partial charge >= 0.3 is 0 Å². The molecule has 3 N–H and O–H groups in total. The summed E-state index contributed by atoms with van der Waals surface area (Å²) in [5.41, 5.74) is 4.81. The van der Waals surface area contributed by atoms with Crippen LogP contribution in [-0.4, -0.2) is 8.42 Å². The van der Waals surface area contributed by atoms with Crippen LogP contribution in [0.4, 0.5) is 14.5 Å². The maximum atomic E-state index is 13.6. The van der Waals surface area contributed by atoms with Gasteiger partial charge in [0, 0.05) is 6.07 Å². The summed E-state index contributed by atoms with van der Waals surface area (Å²) in [5, 5.41) is 0. The number of nitrogen functional groups attached to an aromatic ring is 1. The molecule has 2 aromatic rings. The van der Waals surface area contributed by atoms with E-state index in [4.69, 9.17) is 10.2 Å². The van der Waals surface area contributed by atoms with E-state index in [9.17, 15) is 17.2 Å². The van der Waals surface area contributed by atoms with Crippen molar-refractivity contribution in [2.45, 2.75) is 17.9 Å². The molecule has 0 saturated heterocycles. The second kappa shape index (κ2) is 5.22. The fourth-order valence-electron chi connectivity index (χ4n) is 1.64. The Morgan fingerprint density at radius 1 is 1.30 bits per heavy atom. The third kappa shape index (κ3) is 2.81. The second-order valence-electron chi connectivity index (χ2n) is 4.16. The van der Waals surface area contributed by atoms with E-state index in [1.54, 1.807) is 12.1 Å². The molecule has 20 heavy (non-hydrogen) atoms. The lowest BCUT2D eigenvalue weighted by atomic mass is 10.3. The van der Waals surface area contributed by atoms with Crippen molar-refractivity contribution in [2.75, 3.05) is 5.73 Å². The Bertz CT molecular complexity index is 715. The van der Waals surface area contributed by atoms with E-state index in [1.165, 1.54) is 13.2 Å².